The van der Waals surface area contributed by atoms with Gasteiger partial charge < -0.3 is 10.1 Å². The number of Topliss-reactive ketones (excluding diaryl/α,β-unsaturated/α-hetero) is 1. The Morgan fingerprint density at radius 3 is 2.53 bits per heavy atom. The van der Waals surface area contributed by atoms with E-state index in [1.165, 1.54) is 6.07 Å². The fourth-order valence-corrected chi connectivity index (χ4v) is 4.92. The standard InChI is InChI=1S/C22H25F3N2O5/c1-13-8-20(2,3)12-21(9-13)18(30)27(19(31)26-21)10-17(29)32-11-16(28)14-5-4-6-15(7-14)22(23,24)25/h4-7,13H,8-12H2,1-3H3,(H,26,31). The summed E-state index contributed by atoms with van der Waals surface area (Å²) in [6, 6.07) is 3.05. The van der Waals surface area contributed by atoms with Crippen molar-refractivity contribution in [3.63, 3.8) is 0 Å². The van der Waals surface area contributed by atoms with Crippen LogP contribution >= 0.6 is 0 Å². The van der Waals surface area contributed by atoms with E-state index in [0.29, 0.717) is 18.9 Å². The monoisotopic (exact) mass is 454 g/mol. The molecule has 10 heteroatoms. The third kappa shape index (κ3) is 4.94. The van der Waals surface area contributed by atoms with Crippen LogP contribution in [-0.2, 0) is 20.5 Å². The van der Waals surface area contributed by atoms with Gasteiger partial charge in [-0.1, -0.05) is 32.9 Å². The number of imide groups is 1. The van der Waals surface area contributed by atoms with E-state index in [2.05, 4.69) is 5.32 Å². The van der Waals surface area contributed by atoms with Crippen LogP contribution in [0.2, 0.25) is 0 Å². The summed E-state index contributed by atoms with van der Waals surface area (Å²) in [7, 11) is 0. The fraction of sp³-hybridized carbons (Fsp3) is 0.545. The first-order valence-corrected chi connectivity index (χ1v) is 10.2. The maximum atomic E-state index is 13.0. The molecule has 1 aromatic carbocycles. The Balaban J connectivity index is 1.61. The molecule has 7 nitrogen and oxygen atoms in total. The lowest BCUT2D eigenvalue weighted by Gasteiger charge is -2.43. The second kappa shape index (κ2) is 8.22. The highest BCUT2D eigenvalue weighted by Gasteiger charge is 2.56. The maximum Gasteiger partial charge on any atom is 0.416 e. The van der Waals surface area contributed by atoms with Crippen LogP contribution in [0.5, 0.6) is 0 Å². The van der Waals surface area contributed by atoms with Crippen LogP contribution in [0.4, 0.5) is 18.0 Å². The molecule has 1 saturated heterocycles. The number of urea groups is 1. The highest BCUT2D eigenvalue weighted by atomic mass is 19.4. The van der Waals surface area contributed by atoms with Gasteiger partial charge in [0.1, 0.15) is 12.1 Å². The van der Waals surface area contributed by atoms with E-state index in [1.54, 1.807) is 0 Å². The van der Waals surface area contributed by atoms with E-state index in [9.17, 15) is 32.3 Å². The number of benzene rings is 1. The van der Waals surface area contributed by atoms with Gasteiger partial charge in [0, 0.05) is 5.56 Å². The molecule has 1 spiro atoms. The molecule has 2 unspecified atom stereocenters. The molecule has 1 aliphatic heterocycles. The van der Waals surface area contributed by atoms with Crippen molar-refractivity contribution in [3.05, 3.63) is 35.4 Å². The zero-order chi connectivity index (χ0) is 23.9. The molecule has 2 aliphatic rings. The zero-order valence-electron chi connectivity index (χ0n) is 18.0. The van der Waals surface area contributed by atoms with Crippen LogP contribution < -0.4 is 5.32 Å². The Labute approximate surface area is 183 Å². The highest BCUT2D eigenvalue weighted by Crippen LogP contribution is 2.46. The van der Waals surface area contributed by atoms with E-state index in [0.717, 1.165) is 23.5 Å². The number of amides is 3. The van der Waals surface area contributed by atoms with Gasteiger partial charge >= 0.3 is 18.2 Å². The predicted molar refractivity (Wildman–Crippen MR) is 107 cm³/mol. The van der Waals surface area contributed by atoms with Crippen LogP contribution in [0.25, 0.3) is 0 Å². The highest BCUT2D eigenvalue weighted by molar-refractivity contribution is 6.09. The van der Waals surface area contributed by atoms with Crippen molar-refractivity contribution < 1.29 is 37.1 Å². The van der Waals surface area contributed by atoms with E-state index < -0.39 is 54.1 Å². The normalized spacial score (nSPS) is 25.1. The van der Waals surface area contributed by atoms with E-state index in [-0.39, 0.29) is 16.9 Å². The summed E-state index contributed by atoms with van der Waals surface area (Å²) in [5.41, 5.74) is -2.51. The van der Waals surface area contributed by atoms with Crippen LogP contribution in [0.3, 0.4) is 0 Å². The van der Waals surface area contributed by atoms with Crippen molar-refractivity contribution in [2.24, 2.45) is 11.3 Å². The number of alkyl halides is 3. The molecular formula is C22H25F3N2O5. The summed E-state index contributed by atoms with van der Waals surface area (Å²) >= 11 is 0. The Bertz CT molecular complexity index is 959. The van der Waals surface area contributed by atoms with Crippen LogP contribution in [0.1, 0.15) is 56.0 Å². The van der Waals surface area contributed by atoms with Crippen molar-refractivity contribution in [1.82, 2.24) is 10.2 Å². The van der Waals surface area contributed by atoms with Gasteiger partial charge in [-0.3, -0.25) is 19.3 Å². The number of hydrogen-bond donors (Lipinski definition) is 1. The number of hydrogen-bond acceptors (Lipinski definition) is 5. The average molecular weight is 454 g/mol. The Hall–Kier alpha value is -2.91. The molecule has 0 radical (unpaired) electrons. The quantitative estimate of drug-likeness (QED) is 0.417. The number of ketones is 1. The summed E-state index contributed by atoms with van der Waals surface area (Å²) in [5.74, 6) is -2.15. The van der Waals surface area contributed by atoms with Gasteiger partial charge in [-0.25, -0.2) is 4.79 Å². The van der Waals surface area contributed by atoms with Crippen molar-refractivity contribution in [2.45, 2.75) is 51.7 Å². The molecule has 2 atom stereocenters. The van der Waals surface area contributed by atoms with Crippen LogP contribution in [0, 0.1) is 11.3 Å². The Morgan fingerprint density at radius 1 is 1.22 bits per heavy atom. The number of carbonyl (C=O) groups is 4. The summed E-state index contributed by atoms with van der Waals surface area (Å²) in [6.45, 7) is 4.54. The number of rotatable bonds is 5. The summed E-state index contributed by atoms with van der Waals surface area (Å²) in [4.78, 5) is 50.5. The lowest BCUT2D eigenvalue weighted by atomic mass is 9.64. The number of halogens is 3. The first-order valence-electron chi connectivity index (χ1n) is 10.2. The van der Waals surface area contributed by atoms with Gasteiger partial charge in [0.25, 0.3) is 5.91 Å². The van der Waals surface area contributed by atoms with Gasteiger partial charge in [-0.15, -0.1) is 0 Å². The summed E-state index contributed by atoms with van der Waals surface area (Å²) in [5, 5.41) is 2.73. The molecule has 0 bridgehead atoms. The molecule has 32 heavy (non-hydrogen) atoms. The van der Waals surface area contributed by atoms with Gasteiger partial charge in [0.15, 0.2) is 12.4 Å². The molecule has 1 aliphatic carbocycles. The minimum Gasteiger partial charge on any atom is -0.456 e. The van der Waals surface area contributed by atoms with Gasteiger partial charge in [0.05, 0.1) is 5.56 Å². The third-order valence-corrected chi connectivity index (χ3v) is 5.79. The third-order valence-electron chi connectivity index (χ3n) is 5.79. The smallest absolute Gasteiger partial charge is 0.416 e. The zero-order valence-corrected chi connectivity index (χ0v) is 18.0. The van der Waals surface area contributed by atoms with Crippen molar-refractivity contribution in [2.75, 3.05) is 13.2 Å². The molecule has 0 aromatic heterocycles. The number of nitrogens with zero attached hydrogens (tertiary/aromatic N) is 1. The molecule has 2 fully saturated rings. The Kier molecular flexibility index (Phi) is 6.10. The Morgan fingerprint density at radius 2 is 1.91 bits per heavy atom. The molecular weight excluding hydrogens is 429 g/mol. The minimum atomic E-state index is -4.61. The lowest BCUT2D eigenvalue weighted by Crippen LogP contribution is -2.54. The fourth-order valence-electron chi connectivity index (χ4n) is 4.92. The second-order valence-corrected chi connectivity index (χ2v) is 9.42. The van der Waals surface area contributed by atoms with Crippen molar-refractivity contribution >= 4 is 23.7 Å². The summed E-state index contributed by atoms with van der Waals surface area (Å²) < 4.78 is 43.2. The number of ether oxygens (including phenoxy) is 1. The SMILES string of the molecule is CC1CC(C)(C)CC2(C1)NC(=O)N(CC(=O)OCC(=O)c1cccc(C(F)(F)F)c1)C2=O. The van der Waals surface area contributed by atoms with E-state index in [4.69, 9.17) is 4.74 Å². The molecule has 3 amide bonds. The molecule has 174 valence electrons. The number of esters is 1. The molecule has 1 heterocycles. The first-order chi connectivity index (χ1) is 14.7. The van der Waals surface area contributed by atoms with E-state index >= 15 is 0 Å². The first kappa shape index (κ1) is 23.7. The lowest BCUT2D eigenvalue weighted by molar-refractivity contribution is -0.147. The van der Waals surface area contributed by atoms with E-state index in [1.807, 2.05) is 20.8 Å². The molecule has 3 rings (SSSR count). The van der Waals surface area contributed by atoms with Crippen molar-refractivity contribution in [3.8, 4) is 0 Å². The molecule has 1 N–H and O–H groups in total. The molecule has 1 saturated carbocycles. The van der Waals surface area contributed by atoms with Gasteiger partial charge in [-0.2, -0.15) is 13.2 Å². The van der Waals surface area contributed by atoms with Crippen LogP contribution in [-0.4, -0.2) is 47.3 Å². The second-order valence-electron chi connectivity index (χ2n) is 9.42. The number of nitrogens with one attached hydrogen (secondary N) is 1. The van der Waals surface area contributed by atoms with Crippen molar-refractivity contribution in [1.29, 1.82) is 0 Å². The number of carbonyl (C=O) groups excluding carboxylic acids is 4. The summed E-state index contributed by atoms with van der Waals surface area (Å²) in [6.07, 6.45) is -2.82. The van der Waals surface area contributed by atoms with Crippen LogP contribution in [0.15, 0.2) is 24.3 Å². The average Bonchev–Trinajstić information content (AvgIpc) is 2.87. The maximum absolute atomic E-state index is 13.0. The largest absolute Gasteiger partial charge is 0.456 e. The topological polar surface area (TPSA) is 92.8 Å². The van der Waals surface area contributed by atoms with Gasteiger partial charge in [-0.05, 0) is 42.7 Å². The minimum absolute atomic E-state index is 0.172. The molecule has 1 aromatic rings. The van der Waals surface area contributed by atoms with Gasteiger partial charge in [0.2, 0.25) is 0 Å². The predicted octanol–water partition coefficient (Wildman–Crippen LogP) is 3.57.